The molecule has 1 heterocycles. The lowest BCUT2D eigenvalue weighted by Gasteiger charge is -2.03. The van der Waals surface area contributed by atoms with Crippen LogP contribution in [-0.4, -0.2) is 23.2 Å². The molecule has 0 aliphatic heterocycles. The van der Waals surface area contributed by atoms with E-state index in [0.717, 1.165) is 18.6 Å². The second kappa shape index (κ2) is 5.25. The van der Waals surface area contributed by atoms with Crippen LogP contribution in [0.2, 0.25) is 10.2 Å². The number of hydrogen-bond acceptors (Lipinski definition) is 6. The van der Waals surface area contributed by atoms with Crippen molar-refractivity contribution >= 4 is 46.5 Å². The van der Waals surface area contributed by atoms with E-state index >= 15 is 0 Å². The zero-order valence-electron chi connectivity index (χ0n) is 7.86. The fourth-order valence-corrected chi connectivity index (χ4v) is 2.07. The van der Waals surface area contributed by atoms with Gasteiger partial charge in [-0.15, -0.1) is 0 Å². The fraction of sp³-hybridized carbons (Fsp3) is 0.250. The zero-order chi connectivity index (χ0) is 12.3. The average molecular weight is 279 g/mol. The highest BCUT2D eigenvalue weighted by Gasteiger charge is 2.32. The second-order valence-corrected chi connectivity index (χ2v) is 4.08. The maximum Gasteiger partial charge on any atom is 0.331 e. The molecule has 0 bridgehead atoms. The molecule has 1 aromatic heterocycles. The lowest BCUT2D eigenvalue weighted by molar-refractivity contribution is -0.141. The number of nitriles is 1. The van der Waals surface area contributed by atoms with Gasteiger partial charge in [0.05, 0.1) is 13.2 Å². The monoisotopic (exact) mass is 278 g/mol. The summed E-state index contributed by atoms with van der Waals surface area (Å²) < 4.78 is 7.95. The highest BCUT2D eigenvalue weighted by molar-refractivity contribution is 7.09. The summed E-state index contributed by atoms with van der Waals surface area (Å²) in [5, 5.41) is 8.61. The van der Waals surface area contributed by atoms with Crippen molar-refractivity contribution in [1.82, 2.24) is 4.37 Å². The summed E-state index contributed by atoms with van der Waals surface area (Å²) in [6.07, 6.45) is 0. The summed E-state index contributed by atoms with van der Waals surface area (Å²) in [5.41, 5.74) is 0. The van der Waals surface area contributed by atoms with Crippen molar-refractivity contribution in [3.8, 4) is 6.07 Å². The Hall–Kier alpha value is -1.16. The Balaban J connectivity index is 3.07. The van der Waals surface area contributed by atoms with Crippen molar-refractivity contribution in [2.75, 3.05) is 7.11 Å². The van der Waals surface area contributed by atoms with Crippen LogP contribution in [0.3, 0.4) is 0 Å². The number of aromatic nitrogens is 1. The van der Waals surface area contributed by atoms with Crippen molar-refractivity contribution in [2.24, 2.45) is 5.92 Å². The molecule has 0 N–H and O–H groups in total. The molecule has 1 atom stereocenters. The number of halogens is 2. The third-order valence-electron chi connectivity index (χ3n) is 1.65. The highest BCUT2D eigenvalue weighted by Crippen LogP contribution is 2.30. The lowest BCUT2D eigenvalue weighted by atomic mass is 10.1. The molecule has 8 heteroatoms. The third kappa shape index (κ3) is 2.32. The van der Waals surface area contributed by atoms with E-state index in [1.54, 1.807) is 6.07 Å². The molecule has 0 aliphatic rings. The molecule has 84 valence electrons. The number of methoxy groups -OCH3 is 1. The first-order chi connectivity index (χ1) is 7.52. The zero-order valence-corrected chi connectivity index (χ0v) is 10.2. The van der Waals surface area contributed by atoms with E-state index in [1.807, 2.05) is 0 Å². The quantitative estimate of drug-likeness (QED) is 0.480. The molecule has 0 amide bonds. The van der Waals surface area contributed by atoms with Crippen LogP contribution < -0.4 is 0 Å². The van der Waals surface area contributed by atoms with Gasteiger partial charge < -0.3 is 4.74 Å². The van der Waals surface area contributed by atoms with Crippen molar-refractivity contribution in [1.29, 1.82) is 5.26 Å². The Morgan fingerprint density at radius 3 is 2.56 bits per heavy atom. The first-order valence-corrected chi connectivity index (χ1v) is 5.38. The predicted octanol–water partition coefficient (Wildman–Crippen LogP) is 1.95. The molecule has 0 aromatic carbocycles. The number of carbonyl (C=O) groups excluding carboxylic acids is 2. The highest BCUT2D eigenvalue weighted by atomic mass is 35.5. The standard InChI is InChI=1S/C8H4Cl2N2O3S/c1-15-8(14)3(2-11)5(13)6-4(9)7(10)12-16-6/h3H,1H3. The van der Waals surface area contributed by atoms with Crippen LogP contribution in [0, 0.1) is 17.2 Å². The van der Waals surface area contributed by atoms with E-state index in [4.69, 9.17) is 28.5 Å². The maximum absolute atomic E-state index is 11.7. The summed E-state index contributed by atoms with van der Waals surface area (Å²) >= 11 is 12.0. The minimum absolute atomic E-state index is 0.0244. The first-order valence-electron chi connectivity index (χ1n) is 3.85. The van der Waals surface area contributed by atoms with Crippen LogP contribution in [0.25, 0.3) is 0 Å². The van der Waals surface area contributed by atoms with Gasteiger partial charge in [-0.1, -0.05) is 23.2 Å². The molecule has 0 saturated carbocycles. The smallest absolute Gasteiger partial charge is 0.331 e. The number of ketones is 1. The van der Waals surface area contributed by atoms with Crippen LogP contribution in [0.1, 0.15) is 9.67 Å². The maximum atomic E-state index is 11.7. The number of nitrogens with zero attached hydrogens (tertiary/aromatic N) is 2. The summed E-state index contributed by atoms with van der Waals surface area (Å²) in [7, 11) is 1.08. The topological polar surface area (TPSA) is 80.0 Å². The van der Waals surface area contributed by atoms with Gasteiger partial charge >= 0.3 is 5.97 Å². The fourth-order valence-electron chi connectivity index (χ4n) is 0.880. The van der Waals surface area contributed by atoms with Crippen LogP contribution in [-0.2, 0) is 9.53 Å². The first kappa shape index (κ1) is 12.9. The molecule has 0 saturated heterocycles. The molecule has 0 aliphatic carbocycles. The molecule has 0 spiro atoms. The Labute approximate surface area is 105 Å². The molecular formula is C8H4Cl2N2O3S. The van der Waals surface area contributed by atoms with Crippen LogP contribution in [0.15, 0.2) is 0 Å². The van der Waals surface area contributed by atoms with E-state index in [2.05, 4.69) is 9.11 Å². The average Bonchev–Trinajstić information content (AvgIpc) is 2.60. The number of rotatable bonds is 3. The molecule has 0 radical (unpaired) electrons. The second-order valence-electron chi connectivity index (χ2n) is 2.57. The summed E-state index contributed by atoms with van der Waals surface area (Å²) in [4.78, 5) is 22.8. The Bertz CT molecular complexity index is 480. The number of ether oxygens (including phenoxy) is 1. The number of Topliss-reactive ketones (excluding diaryl/α,β-unsaturated/α-hetero) is 1. The van der Waals surface area contributed by atoms with E-state index < -0.39 is 17.7 Å². The summed E-state index contributed by atoms with van der Waals surface area (Å²) in [6.45, 7) is 0. The van der Waals surface area contributed by atoms with Crippen molar-refractivity contribution < 1.29 is 14.3 Å². The lowest BCUT2D eigenvalue weighted by Crippen LogP contribution is -2.23. The SMILES string of the molecule is COC(=O)C(C#N)C(=O)c1snc(Cl)c1Cl. The van der Waals surface area contributed by atoms with Gasteiger partial charge in [0.1, 0.15) is 9.90 Å². The minimum Gasteiger partial charge on any atom is -0.468 e. The normalized spacial score (nSPS) is 11.6. The van der Waals surface area contributed by atoms with Gasteiger partial charge in [0.15, 0.2) is 5.15 Å². The molecule has 5 nitrogen and oxygen atoms in total. The van der Waals surface area contributed by atoms with Gasteiger partial charge in [-0.2, -0.15) is 9.64 Å². The third-order valence-corrected chi connectivity index (χ3v) is 3.46. The summed E-state index contributed by atoms with van der Waals surface area (Å²) in [5.74, 6) is -3.24. The molecule has 16 heavy (non-hydrogen) atoms. The number of hydrogen-bond donors (Lipinski definition) is 0. The minimum atomic E-state index is -1.54. The van der Waals surface area contributed by atoms with Gasteiger partial charge in [-0.3, -0.25) is 9.59 Å². The van der Waals surface area contributed by atoms with Gasteiger partial charge in [0, 0.05) is 0 Å². The van der Waals surface area contributed by atoms with Crippen molar-refractivity contribution in [2.45, 2.75) is 0 Å². The molecular weight excluding hydrogens is 275 g/mol. The van der Waals surface area contributed by atoms with E-state index in [0.29, 0.717) is 0 Å². The van der Waals surface area contributed by atoms with Gasteiger partial charge in [-0.05, 0) is 11.5 Å². The number of carbonyl (C=O) groups is 2. The largest absolute Gasteiger partial charge is 0.468 e. The number of esters is 1. The van der Waals surface area contributed by atoms with E-state index in [-0.39, 0.29) is 15.1 Å². The van der Waals surface area contributed by atoms with Crippen LogP contribution in [0.4, 0.5) is 0 Å². The van der Waals surface area contributed by atoms with Crippen LogP contribution >= 0.6 is 34.7 Å². The molecule has 1 unspecified atom stereocenters. The Morgan fingerprint density at radius 2 is 2.19 bits per heavy atom. The van der Waals surface area contributed by atoms with E-state index in [1.165, 1.54) is 0 Å². The van der Waals surface area contributed by atoms with Crippen LogP contribution in [0.5, 0.6) is 0 Å². The van der Waals surface area contributed by atoms with Gasteiger partial charge in [-0.25, -0.2) is 0 Å². The van der Waals surface area contributed by atoms with Gasteiger partial charge in [0.2, 0.25) is 11.7 Å². The molecule has 1 aromatic rings. The molecule has 1 rings (SSSR count). The van der Waals surface area contributed by atoms with Crippen molar-refractivity contribution in [3.63, 3.8) is 0 Å². The predicted molar refractivity (Wildman–Crippen MR) is 57.6 cm³/mol. The Morgan fingerprint density at radius 1 is 1.56 bits per heavy atom. The summed E-state index contributed by atoms with van der Waals surface area (Å²) in [6, 6.07) is 1.54. The van der Waals surface area contributed by atoms with Crippen molar-refractivity contribution in [3.05, 3.63) is 15.1 Å². The molecule has 0 fully saturated rings. The van der Waals surface area contributed by atoms with E-state index in [9.17, 15) is 9.59 Å². The van der Waals surface area contributed by atoms with Gasteiger partial charge in [0.25, 0.3) is 0 Å². The Kier molecular flexibility index (Phi) is 4.24.